The molecule has 2 N–H and O–H groups in total. The van der Waals surface area contributed by atoms with Gasteiger partial charge in [-0.15, -0.1) is 0 Å². The molecule has 0 aliphatic heterocycles. The van der Waals surface area contributed by atoms with E-state index in [9.17, 15) is 10.2 Å². The summed E-state index contributed by atoms with van der Waals surface area (Å²) in [7, 11) is 0. The summed E-state index contributed by atoms with van der Waals surface area (Å²) in [6, 6.07) is 20.8. The van der Waals surface area contributed by atoms with E-state index in [1.54, 1.807) is 16.7 Å². The van der Waals surface area contributed by atoms with Crippen molar-refractivity contribution in [3.8, 4) is 17.4 Å². The molecule has 2 unspecified atom stereocenters. The van der Waals surface area contributed by atoms with Gasteiger partial charge in [-0.25, -0.2) is 0 Å². The second-order valence-corrected chi connectivity index (χ2v) is 12.8. The minimum atomic E-state index is -0.155. The van der Waals surface area contributed by atoms with Crippen LogP contribution in [0, 0.1) is 0 Å². The molecule has 3 aromatic carbocycles. The van der Waals surface area contributed by atoms with E-state index in [4.69, 9.17) is 11.6 Å². The lowest BCUT2D eigenvalue weighted by Crippen LogP contribution is -2.28. The summed E-state index contributed by atoms with van der Waals surface area (Å²) in [5, 5.41) is 23.8. The van der Waals surface area contributed by atoms with Crippen molar-refractivity contribution in [3.63, 3.8) is 0 Å². The fourth-order valence-electron chi connectivity index (χ4n) is 6.08. The molecule has 7 rings (SSSR count). The van der Waals surface area contributed by atoms with E-state index in [2.05, 4.69) is 77.9 Å². The molecule has 3 aliphatic carbocycles. The molecule has 2 bridgehead atoms. The zero-order chi connectivity index (χ0) is 25.7. The van der Waals surface area contributed by atoms with E-state index in [-0.39, 0.29) is 34.4 Å². The second kappa shape index (κ2) is 7.43. The first-order valence-electron chi connectivity index (χ1n) is 12.6. The summed E-state index contributed by atoms with van der Waals surface area (Å²) >= 11 is 6.29. The van der Waals surface area contributed by atoms with Crippen LogP contribution in [0.2, 0.25) is 5.02 Å². The van der Waals surface area contributed by atoms with Crippen molar-refractivity contribution in [2.45, 2.75) is 64.2 Å². The number of hydrogen-bond acceptors (Lipinski definition) is 2. The number of aromatic hydroxyl groups is 2. The van der Waals surface area contributed by atoms with E-state index in [0.29, 0.717) is 10.7 Å². The Morgan fingerprint density at radius 1 is 0.639 bits per heavy atom. The molecular formula is C32H32ClNO2. The minimum Gasteiger partial charge on any atom is -0.494 e. The fraction of sp³-hybridized carbons (Fsp3) is 0.312. The van der Waals surface area contributed by atoms with Crippen molar-refractivity contribution in [2.24, 2.45) is 0 Å². The molecule has 0 saturated carbocycles. The zero-order valence-corrected chi connectivity index (χ0v) is 22.4. The maximum absolute atomic E-state index is 11.6. The maximum atomic E-state index is 11.6. The first-order chi connectivity index (χ1) is 16.9. The van der Waals surface area contributed by atoms with Crippen LogP contribution in [0.5, 0.6) is 11.8 Å². The van der Waals surface area contributed by atoms with Crippen LogP contribution in [-0.4, -0.2) is 14.8 Å². The number of rotatable bonds is 1. The molecule has 2 atom stereocenters. The van der Waals surface area contributed by atoms with Gasteiger partial charge in [-0.1, -0.05) is 95.6 Å². The van der Waals surface area contributed by atoms with Gasteiger partial charge in [-0.2, -0.15) is 0 Å². The Morgan fingerprint density at radius 3 is 1.53 bits per heavy atom. The lowest BCUT2D eigenvalue weighted by atomic mass is 9.60. The highest BCUT2D eigenvalue weighted by atomic mass is 35.5. The first-order valence-corrected chi connectivity index (χ1v) is 13.0. The Labute approximate surface area is 218 Å². The summed E-state index contributed by atoms with van der Waals surface area (Å²) < 4.78 is 1.55. The summed E-state index contributed by atoms with van der Waals surface area (Å²) in [4.78, 5) is 0. The van der Waals surface area contributed by atoms with E-state index in [1.807, 2.05) is 12.1 Å². The lowest BCUT2D eigenvalue weighted by molar-refractivity contribution is 0.399. The van der Waals surface area contributed by atoms with Gasteiger partial charge in [0.05, 0.1) is 5.69 Å². The minimum absolute atomic E-state index is 0.00434. The summed E-state index contributed by atoms with van der Waals surface area (Å²) in [5.41, 5.74) is 9.63. The van der Waals surface area contributed by atoms with E-state index in [1.165, 1.54) is 33.4 Å². The topological polar surface area (TPSA) is 45.4 Å². The summed E-state index contributed by atoms with van der Waals surface area (Å²) in [6.45, 7) is 13.4. The summed E-state index contributed by atoms with van der Waals surface area (Å²) in [5.74, 6) is -0.149. The van der Waals surface area contributed by atoms with Crippen molar-refractivity contribution >= 4 is 11.6 Å². The van der Waals surface area contributed by atoms with E-state index < -0.39 is 0 Å². The molecule has 3 nitrogen and oxygen atoms in total. The molecule has 1 heterocycles. The van der Waals surface area contributed by atoms with Gasteiger partial charge >= 0.3 is 0 Å². The van der Waals surface area contributed by atoms with Crippen molar-refractivity contribution in [1.29, 1.82) is 0 Å². The average molecular weight is 498 g/mol. The molecule has 0 saturated heterocycles. The van der Waals surface area contributed by atoms with Gasteiger partial charge < -0.3 is 10.2 Å². The van der Waals surface area contributed by atoms with Crippen LogP contribution in [-0.2, 0) is 10.8 Å². The van der Waals surface area contributed by atoms with Crippen LogP contribution in [0.1, 0.15) is 97.9 Å². The van der Waals surface area contributed by atoms with E-state index >= 15 is 0 Å². The molecule has 4 aromatic rings. The Bertz CT molecular complexity index is 1450. The van der Waals surface area contributed by atoms with Gasteiger partial charge in [0.15, 0.2) is 0 Å². The Morgan fingerprint density at radius 2 is 1.11 bits per heavy atom. The van der Waals surface area contributed by atoms with Crippen LogP contribution in [0.25, 0.3) is 5.69 Å². The Balaban J connectivity index is 1.67. The van der Waals surface area contributed by atoms with Gasteiger partial charge in [0, 0.05) is 28.0 Å². The van der Waals surface area contributed by atoms with Crippen molar-refractivity contribution in [1.82, 2.24) is 4.57 Å². The molecule has 0 spiro atoms. The highest BCUT2D eigenvalue weighted by Gasteiger charge is 2.47. The summed E-state index contributed by atoms with van der Waals surface area (Å²) in [6.07, 6.45) is 0. The number of hydrogen-bond donors (Lipinski definition) is 2. The van der Waals surface area contributed by atoms with Crippen molar-refractivity contribution in [3.05, 3.63) is 110 Å². The average Bonchev–Trinajstić information content (AvgIpc) is 3.07. The molecule has 0 radical (unpaired) electrons. The monoisotopic (exact) mass is 497 g/mol. The molecule has 0 fully saturated rings. The highest BCUT2D eigenvalue weighted by molar-refractivity contribution is 6.30. The third-order valence-electron chi connectivity index (χ3n) is 7.99. The Kier molecular flexibility index (Phi) is 4.79. The van der Waals surface area contributed by atoms with Crippen LogP contribution < -0.4 is 0 Å². The van der Waals surface area contributed by atoms with Gasteiger partial charge in [-0.05, 0) is 62.4 Å². The van der Waals surface area contributed by atoms with Gasteiger partial charge in [0.25, 0.3) is 0 Å². The Hall–Kier alpha value is -3.17. The number of nitrogens with zero attached hydrogens (tertiary/aromatic N) is 1. The first kappa shape index (κ1) is 23.2. The quantitative estimate of drug-likeness (QED) is 0.241. The molecular weight excluding hydrogens is 466 g/mol. The van der Waals surface area contributed by atoms with Crippen molar-refractivity contribution < 1.29 is 10.2 Å². The van der Waals surface area contributed by atoms with Crippen LogP contribution in [0.4, 0.5) is 0 Å². The normalized spacial score (nSPS) is 18.1. The largest absolute Gasteiger partial charge is 0.494 e. The van der Waals surface area contributed by atoms with Crippen molar-refractivity contribution in [2.75, 3.05) is 0 Å². The highest BCUT2D eigenvalue weighted by Crippen LogP contribution is 2.62. The number of halogens is 1. The van der Waals surface area contributed by atoms with Gasteiger partial charge in [-0.3, -0.25) is 4.57 Å². The second-order valence-electron chi connectivity index (χ2n) is 12.3. The molecule has 36 heavy (non-hydrogen) atoms. The third-order valence-corrected chi connectivity index (χ3v) is 8.22. The molecule has 0 amide bonds. The SMILES string of the molecule is CC(C)(C)c1ccc2c(c1)C1c3ccc(C(C)(C)C)cc3C2c2c1c(O)n(-c1cccc(Cl)c1)c2O. The maximum Gasteiger partial charge on any atom is 0.203 e. The standard InChI is InChI=1S/C32H32ClNO2/c1-31(2,3)17-10-12-21-23(14-17)25-22-13-11-18(32(4,5)6)15-24(22)26(21)28-27(25)29(35)34(30(28)36)20-9-7-8-19(33)16-20/h7-16,25-26,35-36H,1-6H3. The van der Waals surface area contributed by atoms with E-state index in [0.717, 1.165) is 11.1 Å². The van der Waals surface area contributed by atoms with Gasteiger partial charge in [0.2, 0.25) is 11.8 Å². The number of benzene rings is 3. The lowest BCUT2D eigenvalue weighted by Gasteiger charge is -2.41. The molecule has 4 heteroatoms. The number of aromatic nitrogens is 1. The smallest absolute Gasteiger partial charge is 0.203 e. The third kappa shape index (κ3) is 3.18. The predicted octanol–water partition coefficient (Wildman–Crippen LogP) is 8.12. The molecule has 184 valence electrons. The van der Waals surface area contributed by atoms with Crippen LogP contribution in [0.15, 0.2) is 60.7 Å². The van der Waals surface area contributed by atoms with Gasteiger partial charge in [0.1, 0.15) is 0 Å². The fourth-order valence-corrected chi connectivity index (χ4v) is 6.26. The zero-order valence-electron chi connectivity index (χ0n) is 21.6. The van der Waals surface area contributed by atoms with Crippen LogP contribution in [0.3, 0.4) is 0 Å². The predicted molar refractivity (Wildman–Crippen MR) is 146 cm³/mol. The van der Waals surface area contributed by atoms with Crippen LogP contribution >= 0.6 is 11.6 Å². The molecule has 1 aromatic heterocycles. The molecule has 3 aliphatic rings.